The molecule has 1 aromatic carbocycles. The molecule has 1 aliphatic rings. The van der Waals surface area contributed by atoms with Crippen LogP contribution in [0.15, 0.2) is 54.0 Å². The van der Waals surface area contributed by atoms with Crippen LogP contribution in [-0.2, 0) is 0 Å². The smallest absolute Gasteiger partial charge is 0.275 e. The number of rotatable bonds is 4. The number of nitrogens with one attached hydrogen (secondary N) is 1. The zero-order chi connectivity index (χ0) is 18.6. The van der Waals surface area contributed by atoms with Crippen molar-refractivity contribution >= 4 is 28.7 Å². The lowest BCUT2D eigenvalue weighted by Crippen LogP contribution is -2.44. The summed E-state index contributed by atoms with van der Waals surface area (Å²) in [7, 11) is 2.13. The van der Waals surface area contributed by atoms with Crippen LogP contribution in [0.3, 0.4) is 0 Å². The Morgan fingerprint density at radius 3 is 2.56 bits per heavy atom. The van der Waals surface area contributed by atoms with E-state index < -0.39 is 0 Å². The normalized spacial score (nSPS) is 14.9. The molecule has 7 heteroatoms. The van der Waals surface area contributed by atoms with Gasteiger partial charge in [-0.15, -0.1) is 11.3 Å². The fraction of sp³-hybridized carbons (Fsp3) is 0.250. The van der Waals surface area contributed by atoms with Gasteiger partial charge in [0, 0.05) is 37.1 Å². The number of likely N-dealkylation sites (N-methyl/N-ethyl adjacent to an activating group) is 1. The van der Waals surface area contributed by atoms with E-state index in [1.165, 1.54) is 11.3 Å². The van der Waals surface area contributed by atoms with E-state index in [0.717, 1.165) is 42.6 Å². The third-order valence-corrected chi connectivity index (χ3v) is 5.48. The number of benzene rings is 1. The van der Waals surface area contributed by atoms with Crippen molar-refractivity contribution < 1.29 is 4.79 Å². The van der Waals surface area contributed by atoms with Gasteiger partial charge in [-0.3, -0.25) is 4.79 Å². The van der Waals surface area contributed by atoms with E-state index in [1.807, 2.05) is 42.5 Å². The van der Waals surface area contributed by atoms with Crippen molar-refractivity contribution in [3.63, 3.8) is 0 Å². The van der Waals surface area contributed by atoms with Gasteiger partial charge >= 0.3 is 0 Å². The van der Waals surface area contributed by atoms with Crippen molar-refractivity contribution in [2.24, 2.45) is 0 Å². The van der Waals surface area contributed by atoms with Crippen LogP contribution in [0.4, 0.5) is 11.5 Å². The fourth-order valence-corrected chi connectivity index (χ4v) is 3.78. The molecule has 3 heterocycles. The van der Waals surface area contributed by atoms with Crippen molar-refractivity contribution in [3.05, 3.63) is 59.7 Å². The lowest BCUT2D eigenvalue weighted by Gasteiger charge is -2.33. The van der Waals surface area contributed by atoms with E-state index in [9.17, 15) is 4.79 Å². The van der Waals surface area contributed by atoms with Gasteiger partial charge in [-0.1, -0.05) is 30.3 Å². The van der Waals surface area contributed by atoms with Gasteiger partial charge in [0.1, 0.15) is 16.5 Å². The number of thiazole rings is 1. The Kier molecular flexibility index (Phi) is 5.13. The topological polar surface area (TPSA) is 61.4 Å². The molecule has 0 bridgehead atoms. The number of pyridine rings is 1. The van der Waals surface area contributed by atoms with Crippen LogP contribution in [-0.4, -0.2) is 54.0 Å². The number of carbonyl (C=O) groups excluding carboxylic acids is 1. The van der Waals surface area contributed by atoms with Gasteiger partial charge in [0.15, 0.2) is 0 Å². The van der Waals surface area contributed by atoms with Gasteiger partial charge in [0.25, 0.3) is 5.91 Å². The Labute approximate surface area is 162 Å². The van der Waals surface area contributed by atoms with Crippen molar-refractivity contribution in [1.29, 1.82) is 0 Å². The van der Waals surface area contributed by atoms with E-state index >= 15 is 0 Å². The molecule has 1 N–H and O–H groups in total. The second-order valence-corrected chi connectivity index (χ2v) is 7.41. The van der Waals surface area contributed by atoms with Crippen LogP contribution < -0.4 is 10.2 Å². The molecule has 2 aromatic heterocycles. The first-order valence-corrected chi connectivity index (χ1v) is 9.79. The first-order valence-electron chi connectivity index (χ1n) is 8.91. The van der Waals surface area contributed by atoms with Gasteiger partial charge in [0.05, 0.1) is 11.9 Å². The van der Waals surface area contributed by atoms with Gasteiger partial charge in [-0.05, 0) is 19.2 Å². The number of nitrogens with zero attached hydrogens (tertiary/aromatic N) is 4. The molecule has 0 aliphatic carbocycles. The Morgan fingerprint density at radius 1 is 1.07 bits per heavy atom. The number of anilines is 2. The molecule has 0 unspecified atom stereocenters. The second-order valence-electron chi connectivity index (χ2n) is 6.55. The number of carbonyl (C=O) groups is 1. The minimum atomic E-state index is -0.220. The summed E-state index contributed by atoms with van der Waals surface area (Å²) in [5.41, 5.74) is 2.11. The van der Waals surface area contributed by atoms with E-state index in [-0.39, 0.29) is 5.91 Å². The quantitative estimate of drug-likeness (QED) is 0.754. The van der Waals surface area contributed by atoms with Crippen LogP contribution in [0, 0.1) is 0 Å². The van der Waals surface area contributed by atoms with E-state index in [0.29, 0.717) is 11.4 Å². The number of amides is 1. The molecular formula is C20H21N5OS. The lowest BCUT2D eigenvalue weighted by atomic mass is 10.2. The van der Waals surface area contributed by atoms with Gasteiger partial charge < -0.3 is 15.1 Å². The van der Waals surface area contributed by atoms with Crippen LogP contribution in [0.25, 0.3) is 10.6 Å². The Morgan fingerprint density at radius 2 is 1.85 bits per heavy atom. The van der Waals surface area contributed by atoms with Crippen molar-refractivity contribution in [1.82, 2.24) is 14.9 Å². The average molecular weight is 379 g/mol. The molecular weight excluding hydrogens is 358 g/mol. The number of hydrogen-bond acceptors (Lipinski definition) is 6. The summed E-state index contributed by atoms with van der Waals surface area (Å²) in [6.45, 7) is 4.01. The standard InChI is InChI=1S/C20H21N5OS/c1-24-9-11-25(12-10-24)18-8-7-16(13-21-18)22-19(26)17-14-27-20(23-17)15-5-3-2-4-6-15/h2-8,13-14H,9-12H2,1H3,(H,22,26). The largest absolute Gasteiger partial charge is 0.354 e. The molecule has 0 saturated carbocycles. The molecule has 138 valence electrons. The van der Waals surface area contributed by atoms with Crippen molar-refractivity contribution in [2.75, 3.05) is 43.4 Å². The molecule has 6 nitrogen and oxygen atoms in total. The molecule has 1 amide bonds. The summed E-state index contributed by atoms with van der Waals surface area (Å²) < 4.78 is 0. The Balaban J connectivity index is 1.40. The average Bonchev–Trinajstić information content (AvgIpc) is 3.20. The predicted molar refractivity (Wildman–Crippen MR) is 109 cm³/mol. The Bertz CT molecular complexity index is 902. The molecule has 0 radical (unpaired) electrons. The zero-order valence-electron chi connectivity index (χ0n) is 15.1. The number of hydrogen-bond donors (Lipinski definition) is 1. The van der Waals surface area contributed by atoms with Crippen molar-refractivity contribution in [2.45, 2.75) is 0 Å². The highest BCUT2D eigenvalue weighted by Crippen LogP contribution is 2.24. The van der Waals surface area contributed by atoms with Gasteiger partial charge in [-0.25, -0.2) is 9.97 Å². The highest BCUT2D eigenvalue weighted by molar-refractivity contribution is 7.13. The van der Waals surface area contributed by atoms with Crippen LogP contribution >= 0.6 is 11.3 Å². The summed E-state index contributed by atoms with van der Waals surface area (Å²) in [5, 5.41) is 5.49. The van der Waals surface area contributed by atoms with Crippen LogP contribution in [0.5, 0.6) is 0 Å². The van der Waals surface area contributed by atoms with E-state index in [2.05, 4.69) is 32.1 Å². The van der Waals surface area contributed by atoms with Gasteiger partial charge in [0.2, 0.25) is 0 Å². The van der Waals surface area contributed by atoms with E-state index in [1.54, 1.807) is 11.6 Å². The predicted octanol–water partition coefficient (Wildman–Crippen LogP) is 3.21. The Hall–Kier alpha value is -2.77. The minimum absolute atomic E-state index is 0.220. The summed E-state index contributed by atoms with van der Waals surface area (Å²) in [6, 6.07) is 13.7. The summed E-state index contributed by atoms with van der Waals surface area (Å²) in [6.07, 6.45) is 1.70. The first-order chi connectivity index (χ1) is 13.2. The summed E-state index contributed by atoms with van der Waals surface area (Å²) in [4.78, 5) is 26.0. The highest BCUT2D eigenvalue weighted by Gasteiger charge is 2.16. The molecule has 4 rings (SSSR count). The third kappa shape index (κ3) is 4.15. The molecule has 1 saturated heterocycles. The second kappa shape index (κ2) is 7.85. The monoisotopic (exact) mass is 379 g/mol. The fourth-order valence-electron chi connectivity index (χ4n) is 2.97. The maximum atomic E-state index is 12.5. The minimum Gasteiger partial charge on any atom is -0.354 e. The highest BCUT2D eigenvalue weighted by atomic mass is 32.1. The van der Waals surface area contributed by atoms with Gasteiger partial charge in [-0.2, -0.15) is 0 Å². The third-order valence-electron chi connectivity index (χ3n) is 4.59. The molecule has 1 aliphatic heterocycles. The van der Waals surface area contributed by atoms with Crippen LogP contribution in [0.1, 0.15) is 10.5 Å². The van der Waals surface area contributed by atoms with Crippen LogP contribution in [0.2, 0.25) is 0 Å². The molecule has 1 fully saturated rings. The number of aromatic nitrogens is 2. The maximum absolute atomic E-state index is 12.5. The first kappa shape index (κ1) is 17.6. The SMILES string of the molecule is CN1CCN(c2ccc(NC(=O)c3csc(-c4ccccc4)n3)cn2)CC1. The molecule has 3 aromatic rings. The summed E-state index contributed by atoms with van der Waals surface area (Å²) in [5.74, 6) is 0.726. The molecule has 0 spiro atoms. The van der Waals surface area contributed by atoms with Crippen molar-refractivity contribution in [3.8, 4) is 10.6 Å². The molecule has 0 atom stereocenters. The lowest BCUT2D eigenvalue weighted by molar-refractivity contribution is 0.102. The zero-order valence-corrected chi connectivity index (χ0v) is 15.9. The summed E-state index contributed by atoms with van der Waals surface area (Å²) >= 11 is 1.46. The van der Waals surface area contributed by atoms with E-state index in [4.69, 9.17) is 0 Å². The number of piperazine rings is 1. The molecule has 27 heavy (non-hydrogen) atoms. The maximum Gasteiger partial charge on any atom is 0.275 e.